The minimum Gasteiger partial charge on any atom is -0.310 e. The van der Waals surface area contributed by atoms with Crippen molar-refractivity contribution in [1.82, 2.24) is 0 Å². The van der Waals surface area contributed by atoms with Crippen molar-refractivity contribution in [3.8, 4) is 0 Å². The molecule has 2 bridgehead atoms. The fraction of sp³-hybridized carbons (Fsp3) is 0.443. The van der Waals surface area contributed by atoms with Crippen LogP contribution in [0.4, 0.5) is 17.1 Å². The first-order valence-corrected chi connectivity index (χ1v) is 32.0. The molecule has 0 aromatic heterocycles. The third-order valence-electron chi connectivity index (χ3n) is 19.7. The first-order valence-electron chi connectivity index (χ1n) is 32.0. The number of fused-ring (bicyclic) bond motifs is 6. The molecule has 3 heteroatoms. The van der Waals surface area contributed by atoms with Gasteiger partial charge in [0, 0.05) is 17.1 Å². The Morgan fingerprint density at radius 1 is 0.780 bits per heavy atom. The summed E-state index contributed by atoms with van der Waals surface area (Å²) in [4.78, 5) is 2.59. The van der Waals surface area contributed by atoms with Crippen LogP contribution in [0.1, 0.15) is 231 Å². The molecule has 4 radical (unpaired) electrons. The Balaban J connectivity index is 1.59. The van der Waals surface area contributed by atoms with E-state index in [4.69, 9.17) is 15.7 Å². The lowest BCUT2D eigenvalue weighted by Gasteiger charge is -2.43. The van der Waals surface area contributed by atoms with Crippen LogP contribution in [0.2, 0.25) is 0 Å². The van der Waals surface area contributed by atoms with E-state index in [0.717, 1.165) is 119 Å². The van der Waals surface area contributed by atoms with Gasteiger partial charge < -0.3 is 4.90 Å². The molecule has 3 unspecified atom stereocenters. The topological polar surface area (TPSA) is 3.24 Å². The number of unbranched alkanes of at least 4 members (excludes halogenated alkanes) is 2. The molecule has 0 saturated carbocycles. The van der Waals surface area contributed by atoms with E-state index in [1.807, 2.05) is 0 Å². The SMILES string of the molecule is [B]c1cc(C(C)(CCCCC)C(C)C)c2cc(N(c3cccc(C/C=C\C=C/CC(C)CC)c3)c3cccc(C4=C(C)CCC=C4)c3CCC)cc(c2[B])/c2c(/c(=C\C)c1)=C(C)c1cc3c(cc1C(C)C/C=C/C=2)C(C)(C)CCC3(C)C. The molecule has 0 amide bonds. The molecule has 82 heavy (non-hydrogen) atoms. The van der Waals surface area contributed by atoms with Crippen LogP contribution in [-0.2, 0) is 29.1 Å². The van der Waals surface area contributed by atoms with Gasteiger partial charge in [-0.1, -0.05) is 241 Å². The lowest BCUT2D eigenvalue weighted by atomic mass is 9.62. The maximum Gasteiger partial charge on any atom is 0.115 e. The normalized spacial score (nSPS) is 18.9. The molecule has 0 saturated heterocycles. The second kappa shape index (κ2) is 26.8. The summed E-state index contributed by atoms with van der Waals surface area (Å²) in [5, 5.41) is 5.47. The van der Waals surface area contributed by atoms with E-state index < -0.39 is 0 Å². The summed E-state index contributed by atoms with van der Waals surface area (Å²) >= 11 is 0. The number of hydrogen-bond donors (Lipinski definition) is 0. The molecule has 0 N–H and O–H groups in total. The van der Waals surface area contributed by atoms with Gasteiger partial charge in [-0.2, -0.15) is 0 Å². The molecule has 3 atom stereocenters. The zero-order chi connectivity index (χ0) is 59.1. The summed E-state index contributed by atoms with van der Waals surface area (Å²) in [5.41, 5.74) is 19.8. The van der Waals surface area contributed by atoms with Gasteiger partial charge in [-0.15, -0.1) is 0 Å². The Morgan fingerprint density at radius 3 is 2.20 bits per heavy atom. The summed E-state index contributed by atoms with van der Waals surface area (Å²) < 4.78 is 0. The molecule has 426 valence electrons. The van der Waals surface area contributed by atoms with Crippen molar-refractivity contribution >= 4 is 77.8 Å². The zero-order valence-electron chi connectivity index (χ0n) is 53.5. The second-order valence-corrected chi connectivity index (χ2v) is 26.8. The van der Waals surface area contributed by atoms with Gasteiger partial charge in [-0.3, -0.25) is 0 Å². The number of allylic oxidation sites excluding steroid dienone is 10. The monoisotopic (exact) mass is 1080 g/mol. The van der Waals surface area contributed by atoms with Crippen molar-refractivity contribution in [1.29, 1.82) is 0 Å². The molecule has 1 nitrogen and oxygen atoms in total. The summed E-state index contributed by atoms with van der Waals surface area (Å²) in [6.45, 7) is 35.7. The average Bonchev–Trinajstić information content (AvgIpc) is 3.27. The van der Waals surface area contributed by atoms with Crippen LogP contribution in [-0.4, -0.2) is 15.7 Å². The number of rotatable bonds is 18. The highest BCUT2D eigenvalue weighted by Crippen LogP contribution is 2.49. The number of nitrogens with zero attached hydrogens (tertiary/aromatic N) is 1. The van der Waals surface area contributed by atoms with Gasteiger partial charge in [-0.25, -0.2) is 0 Å². The predicted molar refractivity (Wildman–Crippen MR) is 366 cm³/mol. The Morgan fingerprint density at radius 2 is 1.50 bits per heavy atom. The molecule has 5 aromatic carbocycles. The maximum absolute atomic E-state index is 8.14. The van der Waals surface area contributed by atoms with E-state index >= 15 is 0 Å². The molecule has 5 aromatic rings. The highest BCUT2D eigenvalue weighted by molar-refractivity contribution is 6.42. The summed E-state index contributed by atoms with van der Waals surface area (Å²) in [5.74, 6) is 1.30. The summed E-state index contributed by atoms with van der Waals surface area (Å²) in [7, 11) is 15.7. The average molecular weight is 1080 g/mol. The first kappa shape index (κ1) is 62.3. The molecular formula is C79H99B2N. The van der Waals surface area contributed by atoms with Gasteiger partial charge in [0.25, 0.3) is 0 Å². The number of benzene rings is 4. The largest absolute Gasteiger partial charge is 0.310 e. The third-order valence-corrected chi connectivity index (χ3v) is 19.7. The lowest BCUT2D eigenvalue weighted by molar-refractivity contribution is 0.305. The molecule has 0 fully saturated rings. The van der Waals surface area contributed by atoms with Crippen molar-refractivity contribution < 1.29 is 0 Å². The Hall–Kier alpha value is -5.79. The molecule has 0 heterocycles. The van der Waals surface area contributed by atoms with E-state index in [-0.39, 0.29) is 16.2 Å². The lowest BCUT2D eigenvalue weighted by Crippen LogP contribution is -2.43. The van der Waals surface area contributed by atoms with Crippen LogP contribution in [0.15, 0.2) is 133 Å². The minimum atomic E-state index is -0.258. The molecule has 8 rings (SSSR count). The van der Waals surface area contributed by atoms with E-state index in [9.17, 15) is 0 Å². The summed E-state index contributed by atoms with van der Waals surface area (Å²) in [6.07, 6.45) is 38.2. The van der Waals surface area contributed by atoms with E-state index in [2.05, 4.69) is 248 Å². The van der Waals surface area contributed by atoms with Gasteiger partial charge in [0.15, 0.2) is 0 Å². The molecule has 3 aliphatic carbocycles. The van der Waals surface area contributed by atoms with Crippen LogP contribution in [0.5, 0.6) is 0 Å². The van der Waals surface area contributed by atoms with Crippen molar-refractivity contribution in [3.63, 3.8) is 0 Å². The van der Waals surface area contributed by atoms with Crippen molar-refractivity contribution in [2.75, 3.05) is 4.90 Å². The van der Waals surface area contributed by atoms with Gasteiger partial charge in [0.05, 0.1) is 0 Å². The summed E-state index contributed by atoms with van der Waals surface area (Å²) in [6, 6.07) is 31.1. The van der Waals surface area contributed by atoms with Gasteiger partial charge >= 0.3 is 0 Å². The van der Waals surface area contributed by atoms with Gasteiger partial charge in [-0.05, 0) is 225 Å². The number of hydrogen-bond acceptors (Lipinski definition) is 1. The molecular weight excluding hydrogens is 984 g/mol. The van der Waals surface area contributed by atoms with Crippen LogP contribution >= 0.6 is 0 Å². The van der Waals surface area contributed by atoms with Crippen molar-refractivity contribution in [2.45, 2.75) is 216 Å². The smallest absolute Gasteiger partial charge is 0.115 e. The number of anilines is 3. The van der Waals surface area contributed by atoms with E-state index in [0.29, 0.717) is 17.8 Å². The fourth-order valence-corrected chi connectivity index (χ4v) is 13.6. The van der Waals surface area contributed by atoms with Crippen molar-refractivity contribution in [3.05, 3.63) is 193 Å². The van der Waals surface area contributed by atoms with Crippen LogP contribution < -0.4 is 31.5 Å². The predicted octanol–water partition coefficient (Wildman–Crippen LogP) is 18.6. The quantitative estimate of drug-likeness (QED) is 0.0480. The van der Waals surface area contributed by atoms with Crippen LogP contribution in [0.25, 0.3) is 34.1 Å². The van der Waals surface area contributed by atoms with E-state index in [1.165, 1.54) is 86.2 Å². The highest BCUT2D eigenvalue weighted by atomic mass is 15.1. The Kier molecular flexibility index (Phi) is 20.4. The fourth-order valence-electron chi connectivity index (χ4n) is 13.6. The highest BCUT2D eigenvalue weighted by Gasteiger charge is 2.38. The van der Waals surface area contributed by atoms with Crippen LogP contribution in [0.3, 0.4) is 0 Å². The Bertz CT molecular complexity index is 3550. The van der Waals surface area contributed by atoms with Gasteiger partial charge in [0.1, 0.15) is 15.7 Å². The zero-order valence-corrected chi connectivity index (χ0v) is 53.5. The standard InChI is InChI=1S/C79H99B2N/c1-16-20-29-43-79(15,53(5)6)71-48-60(80)47-59(19-4)75-57(10)68-52-73-72(77(11,12)44-45-78(73,13)14)51-67(68)56(9)35-26-28-40-66(75)69-49-62(50-70(71)76(69)81)82(61-38-30-37-58(46-61)36-24-22-21-23-33-54(7)18-3)74-42-31-41-64(65(74)32-17-2)63-39-27-25-34-55(63)8/h19,21-24,26-28,30-31,37-42,46-54,56H,16-18,20,25,29,32-36,43-45H2,1-15H3/b23-21-,24-22-,28-26+,59-19-,60-47?,66-40+,71-48?,75-57?. The van der Waals surface area contributed by atoms with Crippen molar-refractivity contribution in [2.24, 2.45) is 11.8 Å². The van der Waals surface area contributed by atoms with Gasteiger partial charge in [0.2, 0.25) is 0 Å². The third kappa shape index (κ3) is 13.3. The first-order chi connectivity index (χ1) is 39.2. The molecule has 0 spiro atoms. The Labute approximate surface area is 500 Å². The minimum absolute atomic E-state index is 0.0404. The second-order valence-electron chi connectivity index (χ2n) is 26.8. The van der Waals surface area contributed by atoms with Crippen LogP contribution in [0, 0.1) is 11.8 Å². The van der Waals surface area contributed by atoms with E-state index in [1.54, 1.807) is 0 Å². The molecule has 0 aliphatic heterocycles. The molecule has 3 aliphatic rings. The maximum atomic E-state index is 8.14.